The molecule has 1 saturated carbocycles. The minimum Gasteiger partial charge on any atom is -0.375 e. The van der Waals surface area contributed by atoms with Crippen LogP contribution in [0, 0.1) is 5.92 Å². The lowest BCUT2D eigenvalue weighted by Gasteiger charge is -2.29. The summed E-state index contributed by atoms with van der Waals surface area (Å²) >= 11 is 9.05. The Kier molecular flexibility index (Phi) is 6.49. The van der Waals surface area contributed by atoms with Gasteiger partial charge in [0.25, 0.3) is 0 Å². The summed E-state index contributed by atoms with van der Waals surface area (Å²) in [6.45, 7) is 3.22. The molecule has 0 spiro atoms. The van der Waals surface area contributed by atoms with E-state index in [9.17, 15) is 0 Å². The minimum absolute atomic E-state index is 0.459. The van der Waals surface area contributed by atoms with Crippen LogP contribution in [0.4, 0.5) is 0 Å². The number of hydrogen-bond acceptors (Lipinski definition) is 4. The molecular weight excluding hydrogens is 400 g/mol. The zero-order chi connectivity index (χ0) is 17.9. The molecule has 2 aliphatic rings. The normalized spacial score (nSPS) is 26.0. The van der Waals surface area contributed by atoms with Gasteiger partial charge in [0.15, 0.2) is 5.79 Å². The van der Waals surface area contributed by atoms with Gasteiger partial charge in [0.2, 0.25) is 0 Å². The fourth-order valence-electron chi connectivity index (χ4n) is 4.16. The van der Waals surface area contributed by atoms with Crippen molar-refractivity contribution in [3.8, 4) is 0 Å². The number of benzene rings is 1. The first-order valence-corrected chi connectivity index (χ1v) is 10.1. The predicted octanol–water partition coefficient (Wildman–Crippen LogP) is 3.58. The van der Waals surface area contributed by atoms with Crippen molar-refractivity contribution in [2.75, 3.05) is 33.9 Å². The van der Waals surface area contributed by atoms with Gasteiger partial charge in [0.05, 0.1) is 0 Å². The summed E-state index contributed by atoms with van der Waals surface area (Å²) in [4.78, 5) is 3.41. The molecule has 6 heteroatoms. The Morgan fingerprint density at radius 3 is 2.44 bits per heavy atom. The van der Waals surface area contributed by atoms with E-state index in [-0.39, 0.29) is 0 Å². The second-order valence-electron chi connectivity index (χ2n) is 7.01. The summed E-state index contributed by atoms with van der Waals surface area (Å²) < 4.78 is 12.6. The average molecular weight is 427 g/mol. The molecule has 1 aromatic carbocycles. The molecule has 2 fully saturated rings. The zero-order valence-corrected chi connectivity index (χ0v) is 17.4. The Balaban J connectivity index is 1.65. The van der Waals surface area contributed by atoms with Crippen molar-refractivity contribution in [3.05, 3.63) is 34.3 Å². The SMILES string of the molecule is COC1(OC)CC(CNC(=S)c2ccc(Br)cc2)C(N2CCCC2)C1. The van der Waals surface area contributed by atoms with E-state index in [1.54, 1.807) is 14.2 Å². The Morgan fingerprint density at radius 2 is 1.84 bits per heavy atom. The molecular formula is C19H27BrN2O2S. The minimum atomic E-state index is -0.459. The molecule has 25 heavy (non-hydrogen) atoms. The Morgan fingerprint density at radius 1 is 1.20 bits per heavy atom. The molecule has 1 aliphatic heterocycles. The standard InChI is InChI=1S/C19H27BrN2O2S/c1-23-19(24-2)11-15(17(12-19)22-9-3-4-10-22)13-21-18(25)14-5-7-16(20)8-6-14/h5-8,15,17H,3-4,9-13H2,1-2H3,(H,21,25). The first-order valence-electron chi connectivity index (χ1n) is 8.95. The molecule has 0 amide bonds. The molecule has 1 heterocycles. The highest BCUT2D eigenvalue weighted by atomic mass is 79.9. The monoisotopic (exact) mass is 426 g/mol. The third-order valence-corrected chi connectivity index (χ3v) is 6.53. The van der Waals surface area contributed by atoms with Gasteiger partial charge in [-0.25, -0.2) is 0 Å². The summed E-state index contributed by atoms with van der Waals surface area (Å²) in [5.74, 6) is 0.00477. The van der Waals surface area contributed by atoms with Gasteiger partial charge in [-0.15, -0.1) is 0 Å². The van der Waals surface area contributed by atoms with E-state index in [1.807, 2.05) is 24.3 Å². The molecule has 2 atom stereocenters. The van der Waals surface area contributed by atoms with Crippen molar-refractivity contribution in [1.82, 2.24) is 10.2 Å². The van der Waals surface area contributed by atoms with Crippen molar-refractivity contribution in [3.63, 3.8) is 0 Å². The summed E-state index contributed by atoms with van der Waals surface area (Å²) in [5.41, 5.74) is 1.05. The molecule has 138 valence electrons. The predicted molar refractivity (Wildman–Crippen MR) is 108 cm³/mol. The van der Waals surface area contributed by atoms with E-state index in [0.29, 0.717) is 12.0 Å². The summed E-state index contributed by atoms with van der Waals surface area (Å²) in [5, 5.41) is 3.48. The number of rotatable bonds is 6. The van der Waals surface area contributed by atoms with Gasteiger partial charge in [-0.05, 0) is 44.0 Å². The van der Waals surface area contributed by atoms with Crippen molar-refractivity contribution < 1.29 is 9.47 Å². The summed E-state index contributed by atoms with van der Waals surface area (Å²) in [6.07, 6.45) is 4.41. The molecule has 0 bridgehead atoms. The van der Waals surface area contributed by atoms with Crippen LogP contribution in [-0.2, 0) is 9.47 Å². The van der Waals surface area contributed by atoms with Crippen molar-refractivity contribution >= 4 is 33.1 Å². The van der Waals surface area contributed by atoms with Gasteiger partial charge in [-0.1, -0.05) is 40.3 Å². The van der Waals surface area contributed by atoms with Crippen LogP contribution in [0.2, 0.25) is 0 Å². The molecule has 1 aromatic rings. The quantitative estimate of drug-likeness (QED) is 0.555. The second-order valence-corrected chi connectivity index (χ2v) is 8.34. The van der Waals surface area contributed by atoms with Crippen LogP contribution in [0.5, 0.6) is 0 Å². The van der Waals surface area contributed by atoms with E-state index >= 15 is 0 Å². The summed E-state index contributed by atoms with van der Waals surface area (Å²) in [7, 11) is 3.51. The maximum absolute atomic E-state index is 5.76. The van der Waals surface area contributed by atoms with E-state index in [4.69, 9.17) is 21.7 Å². The fourth-order valence-corrected chi connectivity index (χ4v) is 4.64. The van der Waals surface area contributed by atoms with Crippen LogP contribution < -0.4 is 5.32 Å². The lowest BCUT2D eigenvalue weighted by Crippen LogP contribution is -2.41. The second kappa shape index (κ2) is 8.44. The third-order valence-electron chi connectivity index (χ3n) is 5.62. The smallest absolute Gasteiger partial charge is 0.169 e. The Labute approximate surface area is 164 Å². The Bertz CT molecular complexity index is 586. The average Bonchev–Trinajstić information content (AvgIpc) is 3.28. The van der Waals surface area contributed by atoms with Crippen molar-refractivity contribution in [2.45, 2.75) is 37.5 Å². The van der Waals surface area contributed by atoms with E-state index in [2.05, 4.69) is 26.1 Å². The number of likely N-dealkylation sites (tertiary alicyclic amines) is 1. The lowest BCUT2D eigenvalue weighted by atomic mass is 10.0. The van der Waals surface area contributed by atoms with Crippen LogP contribution in [-0.4, -0.2) is 55.6 Å². The fraction of sp³-hybridized carbons (Fsp3) is 0.632. The van der Waals surface area contributed by atoms with Gasteiger partial charge >= 0.3 is 0 Å². The highest BCUT2D eigenvalue weighted by Crippen LogP contribution is 2.41. The van der Waals surface area contributed by atoms with Gasteiger partial charge in [-0.3, -0.25) is 4.90 Å². The third kappa shape index (κ3) is 4.42. The van der Waals surface area contributed by atoms with E-state index in [1.165, 1.54) is 25.9 Å². The lowest BCUT2D eigenvalue weighted by molar-refractivity contribution is -0.204. The van der Waals surface area contributed by atoms with Crippen LogP contribution in [0.1, 0.15) is 31.2 Å². The maximum Gasteiger partial charge on any atom is 0.169 e. The van der Waals surface area contributed by atoms with Gasteiger partial charge < -0.3 is 14.8 Å². The highest BCUT2D eigenvalue weighted by Gasteiger charge is 2.48. The molecule has 1 N–H and O–H groups in total. The molecule has 0 aromatic heterocycles. The number of thiocarbonyl (C=S) groups is 1. The topological polar surface area (TPSA) is 33.7 Å². The number of hydrogen-bond donors (Lipinski definition) is 1. The molecule has 1 aliphatic carbocycles. The molecule has 1 saturated heterocycles. The molecule has 3 rings (SSSR count). The summed E-state index contributed by atoms with van der Waals surface area (Å²) in [6, 6.07) is 8.61. The number of ether oxygens (including phenoxy) is 2. The molecule has 4 nitrogen and oxygen atoms in total. The molecule has 0 radical (unpaired) electrons. The van der Waals surface area contributed by atoms with Gasteiger partial charge in [0, 0.05) is 49.7 Å². The van der Waals surface area contributed by atoms with E-state index in [0.717, 1.165) is 34.4 Å². The maximum atomic E-state index is 5.76. The Hall–Kier alpha value is -0.530. The van der Waals surface area contributed by atoms with Crippen molar-refractivity contribution in [1.29, 1.82) is 0 Å². The number of methoxy groups -OCH3 is 2. The van der Waals surface area contributed by atoms with E-state index < -0.39 is 5.79 Å². The van der Waals surface area contributed by atoms with Crippen LogP contribution in [0.25, 0.3) is 0 Å². The largest absolute Gasteiger partial charge is 0.375 e. The highest BCUT2D eigenvalue weighted by molar-refractivity contribution is 9.10. The first kappa shape index (κ1) is 19.2. The first-order chi connectivity index (χ1) is 12.1. The zero-order valence-electron chi connectivity index (χ0n) is 15.0. The number of halogens is 1. The number of nitrogens with zero attached hydrogens (tertiary/aromatic N) is 1. The van der Waals surface area contributed by atoms with Crippen LogP contribution >= 0.6 is 28.1 Å². The molecule has 2 unspecified atom stereocenters. The van der Waals surface area contributed by atoms with Crippen LogP contribution in [0.15, 0.2) is 28.7 Å². The van der Waals surface area contributed by atoms with Gasteiger partial charge in [-0.2, -0.15) is 0 Å². The number of nitrogens with one attached hydrogen (secondary N) is 1. The van der Waals surface area contributed by atoms with Crippen molar-refractivity contribution in [2.24, 2.45) is 5.92 Å². The van der Waals surface area contributed by atoms with Gasteiger partial charge in [0.1, 0.15) is 4.99 Å². The van der Waals surface area contributed by atoms with Crippen LogP contribution in [0.3, 0.4) is 0 Å².